The zero-order valence-electron chi connectivity index (χ0n) is 17.0. The van der Waals surface area contributed by atoms with Gasteiger partial charge in [0.2, 0.25) is 0 Å². The molecule has 0 radical (unpaired) electrons. The van der Waals surface area contributed by atoms with E-state index < -0.39 is 17.8 Å². The number of nitrogens with zero attached hydrogens (tertiary/aromatic N) is 1. The van der Waals surface area contributed by atoms with Crippen molar-refractivity contribution >= 4 is 22.5 Å². The Morgan fingerprint density at radius 3 is 2.45 bits per heavy atom. The summed E-state index contributed by atoms with van der Waals surface area (Å²) in [6.45, 7) is 2.95. The van der Waals surface area contributed by atoms with Gasteiger partial charge in [0.15, 0.2) is 0 Å². The highest BCUT2D eigenvalue weighted by Gasteiger charge is 2.31. The molecule has 3 aromatic carbocycles. The molecule has 3 nitrogen and oxygen atoms in total. The minimum absolute atomic E-state index is 0.113. The van der Waals surface area contributed by atoms with Gasteiger partial charge in [-0.15, -0.1) is 0 Å². The van der Waals surface area contributed by atoms with Crippen LogP contribution in [0.15, 0.2) is 54.6 Å². The summed E-state index contributed by atoms with van der Waals surface area (Å²) in [4.78, 5) is 14.2. The van der Waals surface area contributed by atoms with E-state index in [-0.39, 0.29) is 17.4 Å². The molecule has 7 heteroatoms. The van der Waals surface area contributed by atoms with E-state index in [0.29, 0.717) is 25.9 Å². The summed E-state index contributed by atoms with van der Waals surface area (Å²) in [7, 11) is 0. The molecule has 1 N–H and O–H groups in total. The number of aryl methyl sites for hydroxylation is 1. The van der Waals surface area contributed by atoms with E-state index in [9.17, 15) is 22.4 Å². The maximum absolute atomic E-state index is 13.9. The van der Waals surface area contributed by atoms with E-state index in [1.807, 2.05) is 19.1 Å². The van der Waals surface area contributed by atoms with Crippen LogP contribution in [0.4, 0.5) is 28.0 Å². The number of alkyl halides is 3. The van der Waals surface area contributed by atoms with Crippen molar-refractivity contribution in [2.75, 3.05) is 18.4 Å². The Morgan fingerprint density at radius 1 is 1.03 bits per heavy atom. The normalized spacial score (nSPS) is 15.3. The number of carbonyl (C=O) groups is 1. The molecule has 0 saturated carbocycles. The molecule has 1 saturated heterocycles. The van der Waals surface area contributed by atoms with Gasteiger partial charge >= 0.3 is 12.2 Å². The summed E-state index contributed by atoms with van der Waals surface area (Å²) in [6.07, 6.45) is -3.06. The van der Waals surface area contributed by atoms with Crippen LogP contribution in [0.25, 0.3) is 10.8 Å². The van der Waals surface area contributed by atoms with Crippen molar-refractivity contribution in [2.45, 2.75) is 31.9 Å². The quantitative estimate of drug-likeness (QED) is 0.450. The Balaban J connectivity index is 1.46. The van der Waals surface area contributed by atoms with Crippen molar-refractivity contribution < 1.29 is 22.4 Å². The van der Waals surface area contributed by atoms with Gasteiger partial charge in [0.25, 0.3) is 0 Å². The summed E-state index contributed by atoms with van der Waals surface area (Å²) in [5, 5.41) is 4.44. The van der Waals surface area contributed by atoms with Crippen LogP contribution < -0.4 is 5.32 Å². The van der Waals surface area contributed by atoms with Crippen LogP contribution in [0.1, 0.15) is 35.4 Å². The van der Waals surface area contributed by atoms with Gasteiger partial charge in [-0.25, -0.2) is 9.18 Å². The number of fused-ring (bicyclic) bond motifs is 1. The number of amides is 2. The minimum Gasteiger partial charge on any atom is -0.324 e. The van der Waals surface area contributed by atoms with Crippen LogP contribution in [-0.4, -0.2) is 24.0 Å². The summed E-state index contributed by atoms with van der Waals surface area (Å²) in [6, 6.07) is 13.0. The second-order valence-electron chi connectivity index (χ2n) is 7.93. The van der Waals surface area contributed by atoms with E-state index in [0.717, 1.165) is 34.0 Å². The lowest BCUT2D eigenvalue weighted by Crippen LogP contribution is -2.40. The predicted molar refractivity (Wildman–Crippen MR) is 113 cm³/mol. The summed E-state index contributed by atoms with van der Waals surface area (Å²) >= 11 is 0. The van der Waals surface area contributed by atoms with Crippen molar-refractivity contribution in [3.63, 3.8) is 0 Å². The zero-order chi connectivity index (χ0) is 22.2. The molecule has 1 aliphatic heterocycles. The molecule has 0 atom stereocenters. The molecule has 4 rings (SSSR count). The van der Waals surface area contributed by atoms with E-state index in [1.165, 1.54) is 18.2 Å². The van der Waals surface area contributed by atoms with Crippen LogP contribution in [-0.2, 0) is 6.18 Å². The SMILES string of the molecule is Cc1ccc2ccc(F)cc2c1C1CCN(C(=O)Nc2cccc(C(F)(F)F)c2)CC1. The Labute approximate surface area is 177 Å². The minimum atomic E-state index is -4.46. The number of piperidine rings is 1. The summed E-state index contributed by atoms with van der Waals surface area (Å²) < 4.78 is 52.5. The summed E-state index contributed by atoms with van der Waals surface area (Å²) in [5.41, 5.74) is 1.50. The predicted octanol–water partition coefficient (Wildman–Crippen LogP) is 6.72. The first kappa shape index (κ1) is 21.2. The standard InChI is InChI=1S/C24H22F4N2O/c1-15-5-6-16-7-8-19(25)14-21(16)22(15)17-9-11-30(12-10-17)23(31)29-20-4-2-3-18(13-20)24(26,27)28/h2-8,13-14,17H,9-12H2,1H3,(H,29,31). The zero-order valence-corrected chi connectivity index (χ0v) is 17.0. The number of halogens is 4. The number of anilines is 1. The highest BCUT2D eigenvalue weighted by Crippen LogP contribution is 2.36. The smallest absolute Gasteiger partial charge is 0.324 e. The van der Waals surface area contributed by atoms with Gasteiger partial charge in [0.1, 0.15) is 5.82 Å². The lowest BCUT2D eigenvalue weighted by atomic mass is 9.83. The van der Waals surface area contributed by atoms with Crippen LogP contribution in [0.2, 0.25) is 0 Å². The number of hydrogen-bond donors (Lipinski definition) is 1. The van der Waals surface area contributed by atoms with E-state index in [1.54, 1.807) is 17.0 Å². The third-order valence-electron chi connectivity index (χ3n) is 5.87. The maximum Gasteiger partial charge on any atom is 0.416 e. The molecule has 1 fully saturated rings. The Kier molecular flexibility index (Phi) is 5.60. The monoisotopic (exact) mass is 430 g/mol. The molecule has 0 unspecified atom stereocenters. The number of benzene rings is 3. The highest BCUT2D eigenvalue weighted by atomic mass is 19.4. The molecule has 0 spiro atoms. The average Bonchev–Trinajstić information content (AvgIpc) is 2.73. The second kappa shape index (κ2) is 8.21. The average molecular weight is 430 g/mol. The van der Waals surface area contributed by atoms with E-state index >= 15 is 0 Å². The van der Waals surface area contributed by atoms with Gasteiger partial charge in [0.05, 0.1) is 5.56 Å². The second-order valence-corrected chi connectivity index (χ2v) is 7.93. The Bertz CT molecular complexity index is 1110. The molecule has 2 amide bonds. The molecule has 31 heavy (non-hydrogen) atoms. The van der Waals surface area contributed by atoms with Gasteiger partial charge in [0, 0.05) is 18.8 Å². The van der Waals surface area contributed by atoms with Crippen molar-refractivity contribution in [1.29, 1.82) is 0 Å². The molecular formula is C24H22F4N2O. The van der Waals surface area contributed by atoms with Crippen LogP contribution >= 0.6 is 0 Å². The van der Waals surface area contributed by atoms with Crippen LogP contribution in [0, 0.1) is 12.7 Å². The number of hydrogen-bond acceptors (Lipinski definition) is 1. The van der Waals surface area contributed by atoms with Crippen molar-refractivity contribution in [3.8, 4) is 0 Å². The Morgan fingerprint density at radius 2 is 1.74 bits per heavy atom. The number of likely N-dealkylation sites (tertiary alicyclic amines) is 1. The number of rotatable bonds is 2. The summed E-state index contributed by atoms with van der Waals surface area (Å²) in [5.74, 6) is -0.0969. The molecule has 3 aromatic rings. The van der Waals surface area contributed by atoms with Gasteiger partial charge in [-0.1, -0.05) is 24.3 Å². The lowest BCUT2D eigenvalue weighted by molar-refractivity contribution is -0.137. The van der Waals surface area contributed by atoms with Gasteiger partial charge < -0.3 is 10.2 Å². The topological polar surface area (TPSA) is 32.3 Å². The first-order valence-electron chi connectivity index (χ1n) is 10.1. The molecule has 0 bridgehead atoms. The first-order chi connectivity index (χ1) is 14.7. The fourth-order valence-electron chi connectivity index (χ4n) is 4.31. The van der Waals surface area contributed by atoms with Gasteiger partial charge in [-0.3, -0.25) is 0 Å². The van der Waals surface area contributed by atoms with Gasteiger partial charge in [-0.05, 0) is 77.9 Å². The molecule has 1 aliphatic rings. The lowest BCUT2D eigenvalue weighted by Gasteiger charge is -2.33. The molecule has 0 aromatic heterocycles. The number of urea groups is 1. The highest BCUT2D eigenvalue weighted by molar-refractivity contribution is 5.90. The number of nitrogens with one attached hydrogen (secondary N) is 1. The van der Waals surface area contributed by atoms with Gasteiger partial charge in [-0.2, -0.15) is 13.2 Å². The molecular weight excluding hydrogens is 408 g/mol. The van der Waals surface area contributed by atoms with Crippen molar-refractivity contribution in [3.05, 3.63) is 77.1 Å². The first-order valence-corrected chi connectivity index (χ1v) is 10.1. The fourth-order valence-corrected chi connectivity index (χ4v) is 4.31. The maximum atomic E-state index is 13.9. The van der Waals surface area contributed by atoms with Crippen molar-refractivity contribution in [2.24, 2.45) is 0 Å². The third kappa shape index (κ3) is 4.50. The van der Waals surface area contributed by atoms with Crippen LogP contribution in [0.3, 0.4) is 0 Å². The van der Waals surface area contributed by atoms with Crippen molar-refractivity contribution in [1.82, 2.24) is 4.90 Å². The third-order valence-corrected chi connectivity index (χ3v) is 5.87. The largest absolute Gasteiger partial charge is 0.416 e. The molecule has 162 valence electrons. The Hall–Kier alpha value is -3.09. The molecule has 1 heterocycles. The number of carbonyl (C=O) groups excluding carboxylic acids is 1. The molecule has 0 aliphatic carbocycles. The van der Waals surface area contributed by atoms with E-state index in [2.05, 4.69) is 5.32 Å². The fraction of sp³-hybridized carbons (Fsp3) is 0.292. The van der Waals surface area contributed by atoms with E-state index in [4.69, 9.17) is 0 Å². The van der Waals surface area contributed by atoms with Crippen LogP contribution in [0.5, 0.6) is 0 Å².